The first-order valence-electron chi connectivity index (χ1n) is 10.1. The number of benzene rings is 1. The van der Waals surface area contributed by atoms with E-state index in [1.54, 1.807) is 19.2 Å². The molecule has 0 bridgehead atoms. The van der Waals surface area contributed by atoms with Gasteiger partial charge in [0.1, 0.15) is 23.1 Å². The molecule has 0 atom stereocenters. The Morgan fingerprint density at radius 3 is 2.14 bits per heavy atom. The second kappa shape index (κ2) is 14.4. The van der Waals surface area contributed by atoms with Crippen molar-refractivity contribution in [3.8, 4) is 11.5 Å². The highest BCUT2D eigenvalue weighted by Gasteiger charge is 2.22. The van der Waals surface area contributed by atoms with Crippen LogP contribution >= 0.6 is 11.6 Å². The summed E-state index contributed by atoms with van der Waals surface area (Å²) in [6.07, 6.45) is 4.97. The normalized spacial score (nSPS) is 10.9. The Morgan fingerprint density at radius 1 is 0.964 bits per heavy atom. The summed E-state index contributed by atoms with van der Waals surface area (Å²) >= 11 is 6.13. The van der Waals surface area contributed by atoms with Crippen LogP contribution in [0, 0.1) is 5.92 Å². The van der Waals surface area contributed by atoms with E-state index in [1.165, 1.54) is 0 Å². The first-order valence-corrected chi connectivity index (χ1v) is 10.5. The second-order valence-electron chi connectivity index (χ2n) is 6.65. The molecule has 1 aromatic rings. The van der Waals surface area contributed by atoms with Crippen LogP contribution in [-0.2, 0) is 14.3 Å². The van der Waals surface area contributed by atoms with Crippen LogP contribution in [0.1, 0.15) is 58.8 Å². The molecule has 0 aliphatic heterocycles. The van der Waals surface area contributed by atoms with Gasteiger partial charge >= 0.3 is 0 Å². The van der Waals surface area contributed by atoms with Crippen molar-refractivity contribution < 1.29 is 23.8 Å². The van der Waals surface area contributed by atoms with Gasteiger partial charge in [-0.15, -0.1) is 0 Å². The average Bonchev–Trinajstić information content (AvgIpc) is 2.71. The van der Waals surface area contributed by atoms with E-state index in [4.69, 9.17) is 25.8 Å². The topological polar surface area (TPSA) is 61.8 Å². The molecule has 0 radical (unpaired) electrons. The van der Waals surface area contributed by atoms with E-state index < -0.39 is 5.92 Å². The highest BCUT2D eigenvalue weighted by molar-refractivity contribution is 6.32. The summed E-state index contributed by atoms with van der Waals surface area (Å²) in [5, 5.41) is 0.539. The molecule has 0 saturated heterocycles. The zero-order valence-corrected chi connectivity index (χ0v) is 18.1. The molecular formula is C22H33ClO5. The maximum Gasteiger partial charge on any atom is 0.143 e. The van der Waals surface area contributed by atoms with Gasteiger partial charge in [0.15, 0.2) is 0 Å². The first kappa shape index (κ1) is 24.4. The number of ketones is 2. The SMILES string of the molecule is CCC(=O)C(CCCCOCCCCOc1ccc(OC)cc1Cl)C(=O)CC. The third kappa shape index (κ3) is 9.07. The number of halogens is 1. The summed E-state index contributed by atoms with van der Waals surface area (Å²) < 4.78 is 16.4. The van der Waals surface area contributed by atoms with Crippen molar-refractivity contribution in [1.29, 1.82) is 0 Å². The Balaban J connectivity index is 2.07. The first-order chi connectivity index (χ1) is 13.5. The van der Waals surface area contributed by atoms with Crippen LogP contribution in [0.4, 0.5) is 0 Å². The summed E-state index contributed by atoms with van der Waals surface area (Å²) in [7, 11) is 1.60. The molecule has 0 unspecified atom stereocenters. The standard InChI is InChI=1S/C22H33ClO5/c1-4-20(24)18(21(25)5-2)10-6-7-13-27-14-8-9-15-28-22-12-11-17(26-3)16-19(22)23/h11-12,16,18H,4-10,13-15H2,1-3H3. The molecule has 0 heterocycles. The molecule has 0 aromatic heterocycles. The van der Waals surface area contributed by atoms with Crippen molar-refractivity contribution in [2.75, 3.05) is 26.9 Å². The molecule has 6 heteroatoms. The number of carbonyl (C=O) groups excluding carboxylic acids is 2. The van der Waals surface area contributed by atoms with Crippen LogP contribution in [0.3, 0.4) is 0 Å². The predicted molar refractivity (Wildman–Crippen MR) is 111 cm³/mol. The molecule has 5 nitrogen and oxygen atoms in total. The Bertz CT molecular complexity index is 587. The average molecular weight is 413 g/mol. The lowest BCUT2D eigenvalue weighted by Gasteiger charge is -2.13. The number of carbonyl (C=O) groups is 2. The Hall–Kier alpha value is -1.59. The van der Waals surface area contributed by atoms with E-state index >= 15 is 0 Å². The van der Waals surface area contributed by atoms with Crippen LogP contribution in [0.25, 0.3) is 0 Å². The number of unbranched alkanes of at least 4 members (excludes halogenated alkanes) is 2. The van der Waals surface area contributed by atoms with Gasteiger partial charge in [-0.2, -0.15) is 0 Å². The fourth-order valence-electron chi connectivity index (χ4n) is 2.86. The zero-order chi connectivity index (χ0) is 20.8. The number of Topliss-reactive ketones (excluding diaryl/α,β-unsaturated/α-hetero) is 2. The fraction of sp³-hybridized carbons (Fsp3) is 0.636. The summed E-state index contributed by atoms with van der Waals surface area (Å²) in [5.41, 5.74) is 0. The van der Waals surface area contributed by atoms with E-state index in [1.807, 2.05) is 19.9 Å². The van der Waals surface area contributed by atoms with E-state index in [9.17, 15) is 9.59 Å². The molecule has 0 spiro atoms. The largest absolute Gasteiger partial charge is 0.497 e. The minimum Gasteiger partial charge on any atom is -0.497 e. The van der Waals surface area contributed by atoms with Gasteiger partial charge in [-0.1, -0.05) is 25.4 Å². The van der Waals surface area contributed by atoms with Crippen molar-refractivity contribution in [2.24, 2.45) is 5.92 Å². The number of methoxy groups -OCH3 is 1. The molecule has 0 saturated carbocycles. The Morgan fingerprint density at radius 2 is 1.57 bits per heavy atom. The van der Waals surface area contributed by atoms with Gasteiger partial charge in [0.05, 0.1) is 24.7 Å². The smallest absolute Gasteiger partial charge is 0.143 e. The van der Waals surface area contributed by atoms with Gasteiger partial charge in [0.2, 0.25) is 0 Å². The molecule has 0 aliphatic rings. The fourth-order valence-corrected chi connectivity index (χ4v) is 3.09. The van der Waals surface area contributed by atoms with Crippen LogP contribution < -0.4 is 9.47 Å². The van der Waals surface area contributed by atoms with Crippen molar-refractivity contribution in [3.05, 3.63) is 23.2 Å². The molecular weight excluding hydrogens is 380 g/mol. The molecule has 0 fully saturated rings. The highest BCUT2D eigenvalue weighted by atomic mass is 35.5. The molecule has 0 amide bonds. The van der Waals surface area contributed by atoms with Crippen LogP contribution in [-0.4, -0.2) is 38.5 Å². The quantitative estimate of drug-likeness (QED) is 0.273. The number of rotatable bonds is 16. The van der Waals surface area contributed by atoms with Gasteiger partial charge in [-0.25, -0.2) is 0 Å². The lowest BCUT2D eigenvalue weighted by atomic mass is 9.90. The number of hydrogen-bond donors (Lipinski definition) is 0. The summed E-state index contributed by atoms with van der Waals surface area (Å²) in [5.74, 6) is 1.06. The highest BCUT2D eigenvalue weighted by Crippen LogP contribution is 2.28. The van der Waals surface area contributed by atoms with Crippen LogP contribution in [0.2, 0.25) is 5.02 Å². The molecule has 1 rings (SSSR count). The maximum absolute atomic E-state index is 11.9. The monoisotopic (exact) mass is 412 g/mol. The second-order valence-corrected chi connectivity index (χ2v) is 7.06. The van der Waals surface area contributed by atoms with E-state index in [-0.39, 0.29) is 11.6 Å². The van der Waals surface area contributed by atoms with Gasteiger partial charge < -0.3 is 14.2 Å². The Labute approximate surface area is 173 Å². The van der Waals surface area contributed by atoms with Crippen molar-refractivity contribution >= 4 is 23.2 Å². The van der Waals surface area contributed by atoms with Crippen LogP contribution in [0.5, 0.6) is 11.5 Å². The third-order valence-electron chi connectivity index (χ3n) is 4.59. The minimum atomic E-state index is -0.420. The van der Waals surface area contributed by atoms with Crippen molar-refractivity contribution in [2.45, 2.75) is 58.8 Å². The predicted octanol–water partition coefficient (Wildman–Crippen LogP) is 5.27. The Kier molecular flexibility index (Phi) is 12.6. The lowest BCUT2D eigenvalue weighted by molar-refractivity contribution is -0.132. The molecule has 158 valence electrons. The zero-order valence-electron chi connectivity index (χ0n) is 17.3. The molecule has 1 aromatic carbocycles. The van der Waals surface area contributed by atoms with Gasteiger partial charge in [-0.05, 0) is 44.2 Å². The summed E-state index contributed by atoms with van der Waals surface area (Å²) in [4.78, 5) is 23.7. The van der Waals surface area contributed by atoms with Gasteiger partial charge in [0.25, 0.3) is 0 Å². The van der Waals surface area contributed by atoms with Crippen molar-refractivity contribution in [3.63, 3.8) is 0 Å². The molecule has 28 heavy (non-hydrogen) atoms. The maximum atomic E-state index is 11.9. The van der Waals surface area contributed by atoms with E-state index in [0.29, 0.717) is 55.6 Å². The lowest BCUT2D eigenvalue weighted by Crippen LogP contribution is -2.23. The summed E-state index contributed by atoms with van der Waals surface area (Å²) in [6, 6.07) is 5.35. The molecule has 0 aliphatic carbocycles. The summed E-state index contributed by atoms with van der Waals surface area (Å²) in [6.45, 7) is 5.53. The van der Waals surface area contributed by atoms with E-state index in [0.717, 1.165) is 25.7 Å². The van der Waals surface area contributed by atoms with Crippen LogP contribution in [0.15, 0.2) is 18.2 Å². The van der Waals surface area contributed by atoms with Gasteiger partial charge in [-0.3, -0.25) is 9.59 Å². The number of ether oxygens (including phenoxy) is 3. The van der Waals surface area contributed by atoms with E-state index in [2.05, 4.69) is 0 Å². The van der Waals surface area contributed by atoms with Crippen molar-refractivity contribution in [1.82, 2.24) is 0 Å². The molecule has 0 N–H and O–H groups in total. The number of hydrogen-bond acceptors (Lipinski definition) is 5. The van der Waals surface area contributed by atoms with Gasteiger partial charge in [0, 0.05) is 32.1 Å². The minimum absolute atomic E-state index is 0.0599. The third-order valence-corrected chi connectivity index (χ3v) is 4.88.